The lowest BCUT2D eigenvalue weighted by Gasteiger charge is -2.00. The van der Waals surface area contributed by atoms with Crippen molar-refractivity contribution in [3.05, 3.63) is 74.7 Å². The molecule has 3 rings (SSSR count). The van der Waals surface area contributed by atoms with Crippen molar-refractivity contribution in [2.75, 3.05) is 0 Å². The molecule has 0 fully saturated rings. The molecule has 0 unspecified atom stereocenters. The Balaban J connectivity index is 2.02. The molecule has 0 amide bonds. The SMILES string of the molecule is Cc1nc2sccn2c1C=C(Cc1ccccc1)[N+](=O)[O-]. The highest BCUT2D eigenvalue weighted by atomic mass is 32.1. The van der Waals surface area contributed by atoms with Gasteiger partial charge in [-0.3, -0.25) is 14.5 Å². The number of hydrogen-bond acceptors (Lipinski definition) is 4. The highest BCUT2D eigenvalue weighted by Gasteiger charge is 2.16. The molecule has 6 heteroatoms. The quantitative estimate of drug-likeness (QED) is 0.546. The highest BCUT2D eigenvalue weighted by Crippen LogP contribution is 2.20. The van der Waals surface area contributed by atoms with Gasteiger partial charge in [0, 0.05) is 17.7 Å². The zero-order valence-electron chi connectivity index (χ0n) is 11.4. The fourth-order valence-electron chi connectivity index (χ4n) is 2.22. The van der Waals surface area contributed by atoms with Crippen LogP contribution < -0.4 is 0 Å². The van der Waals surface area contributed by atoms with Gasteiger partial charge in [-0.15, -0.1) is 11.3 Å². The van der Waals surface area contributed by atoms with Gasteiger partial charge in [0.2, 0.25) is 0 Å². The summed E-state index contributed by atoms with van der Waals surface area (Å²) < 4.78 is 1.88. The third kappa shape index (κ3) is 2.71. The average Bonchev–Trinajstić information content (AvgIpc) is 3.02. The number of thiazole rings is 1. The Bertz CT molecular complexity index is 818. The van der Waals surface area contributed by atoms with E-state index in [0.29, 0.717) is 6.42 Å². The summed E-state index contributed by atoms with van der Waals surface area (Å²) in [4.78, 5) is 16.3. The molecule has 0 saturated heterocycles. The van der Waals surface area contributed by atoms with Gasteiger partial charge in [0.15, 0.2) is 4.96 Å². The lowest BCUT2D eigenvalue weighted by atomic mass is 10.1. The van der Waals surface area contributed by atoms with Crippen molar-refractivity contribution in [3.63, 3.8) is 0 Å². The Kier molecular flexibility index (Phi) is 3.53. The van der Waals surface area contributed by atoms with Crippen molar-refractivity contribution in [3.8, 4) is 0 Å². The molecular formula is C15H13N3O2S. The van der Waals surface area contributed by atoms with Crippen molar-refractivity contribution < 1.29 is 4.92 Å². The molecule has 2 aromatic heterocycles. The first-order chi connectivity index (χ1) is 10.1. The van der Waals surface area contributed by atoms with Crippen molar-refractivity contribution in [1.29, 1.82) is 0 Å². The van der Waals surface area contributed by atoms with Crippen LogP contribution in [-0.2, 0) is 6.42 Å². The van der Waals surface area contributed by atoms with Crippen LogP contribution >= 0.6 is 11.3 Å². The second kappa shape index (κ2) is 5.49. The van der Waals surface area contributed by atoms with Gasteiger partial charge in [-0.05, 0) is 12.5 Å². The molecule has 0 radical (unpaired) electrons. The fourth-order valence-corrected chi connectivity index (χ4v) is 2.98. The maximum atomic E-state index is 11.3. The van der Waals surface area contributed by atoms with Gasteiger partial charge < -0.3 is 0 Å². The zero-order chi connectivity index (χ0) is 14.8. The number of hydrogen-bond donors (Lipinski definition) is 0. The minimum atomic E-state index is -0.321. The average molecular weight is 299 g/mol. The minimum Gasteiger partial charge on any atom is -0.290 e. The first-order valence-corrected chi connectivity index (χ1v) is 7.34. The van der Waals surface area contributed by atoms with Crippen molar-refractivity contribution in [2.45, 2.75) is 13.3 Å². The van der Waals surface area contributed by atoms with Crippen LogP contribution in [0.1, 0.15) is 17.0 Å². The first kappa shape index (κ1) is 13.5. The molecule has 0 spiro atoms. The first-order valence-electron chi connectivity index (χ1n) is 6.46. The number of nitrogens with zero attached hydrogens (tertiary/aromatic N) is 3. The molecule has 0 aliphatic carbocycles. The Labute approximate surface area is 125 Å². The van der Waals surface area contributed by atoms with Crippen LogP contribution in [0.3, 0.4) is 0 Å². The molecule has 0 aliphatic heterocycles. The fraction of sp³-hybridized carbons (Fsp3) is 0.133. The van der Waals surface area contributed by atoms with E-state index in [0.717, 1.165) is 21.9 Å². The molecule has 1 aromatic carbocycles. The summed E-state index contributed by atoms with van der Waals surface area (Å²) in [7, 11) is 0. The number of benzene rings is 1. The van der Waals surface area contributed by atoms with Gasteiger partial charge in [0.25, 0.3) is 5.70 Å². The van der Waals surface area contributed by atoms with Crippen molar-refractivity contribution in [2.24, 2.45) is 0 Å². The molecule has 21 heavy (non-hydrogen) atoms. The van der Waals surface area contributed by atoms with Gasteiger partial charge in [-0.1, -0.05) is 30.3 Å². The van der Waals surface area contributed by atoms with Crippen molar-refractivity contribution >= 4 is 22.4 Å². The third-order valence-corrected chi connectivity index (χ3v) is 4.01. The molecule has 106 valence electrons. The Hall–Kier alpha value is -2.47. The van der Waals surface area contributed by atoms with Gasteiger partial charge in [0.05, 0.1) is 22.7 Å². The Morgan fingerprint density at radius 3 is 2.90 bits per heavy atom. The number of fused-ring (bicyclic) bond motifs is 1. The lowest BCUT2D eigenvalue weighted by Crippen LogP contribution is -2.03. The van der Waals surface area contributed by atoms with Crippen LogP contribution in [0.15, 0.2) is 47.6 Å². The molecule has 0 saturated carbocycles. The van der Waals surface area contributed by atoms with Crippen LogP contribution in [0.4, 0.5) is 0 Å². The smallest absolute Gasteiger partial charge is 0.252 e. The van der Waals surface area contributed by atoms with Gasteiger partial charge in [-0.2, -0.15) is 0 Å². The van der Waals surface area contributed by atoms with E-state index in [1.165, 1.54) is 11.3 Å². The molecule has 5 nitrogen and oxygen atoms in total. The number of aryl methyl sites for hydroxylation is 1. The van der Waals surface area contributed by atoms with E-state index in [2.05, 4.69) is 4.98 Å². The normalized spacial score (nSPS) is 12.0. The number of aromatic nitrogens is 2. The molecular weight excluding hydrogens is 286 g/mol. The predicted octanol–water partition coefficient (Wildman–Crippen LogP) is 3.56. The number of nitro groups is 1. The van der Waals surface area contributed by atoms with E-state index in [4.69, 9.17) is 0 Å². The molecule has 2 heterocycles. The van der Waals surface area contributed by atoms with Crippen LogP contribution in [-0.4, -0.2) is 14.3 Å². The Morgan fingerprint density at radius 1 is 1.43 bits per heavy atom. The minimum absolute atomic E-state index is 0.164. The summed E-state index contributed by atoms with van der Waals surface area (Å²) >= 11 is 1.51. The van der Waals surface area contributed by atoms with Gasteiger partial charge in [0.1, 0.15) is 0 Å². The molecule has 3 aromatic rings. The van der Waals surface area contributed by atoms with Crippen molar-refractivity contribution in [1.82, 2.24) is 9.38 Å². The second-order valence-corrected chi connectivity index (χ2v) is 5.57. The number of imidazole rings is 1. The summed E-state index contributed by atoms with van der Waals surface area (Å²) in [6.45, 7) is 1.87. The number of allylic oxidation sites excluding steroid dienone is 1. The van der Waals surface area contributed by atoms with Crippen LogP contribution in [0.2, 0.25) is 0 Å². The summed E-state index contributed by atoms with van der Waals surface area (Å²) in [6, 6.07) is 9.44. The van der Waals surface area contributed by atoms with Gasteiger partial charge in [-0.25, -0.2) is 4.98 Å². The van der Waals surface area contributed by atoms with E-state index in [-0.39, 0.29) is 10.6 Å². The highest BCUT2D eigenvalue weighted by molar-refractivity contribution is 7.15. The van der Waals surface area contributed by atoms with Gasteiger partial charge >= 0.3 is 0 Å². The van der Waals surface area contributed by atoms with Crippen LogP contribution in [0.5, 0.6) is 0 Å². The van der Waals surface area contributed by atoms with E-state index in [9.17, 15) is 10.1 Å². The predicted molar refractivity (Wildman–Crippen MR) is 82.9 cm³/mol. The molecule has 0 aliphatic rings. The topological polar surface area (TPSA) is 60.4 Å². The number of rotatable bonds is 4. The third-order valence-electron chi connectivity index (χ3n) is 3.25. The lowest BCUT2D eigenvalue weighted by molar-refractivity contribution is -0.425. The Morgan fingerprint density at radius 2 is 2.19 bits per heavy atom. The zero-order valence-corrected chi connectivity index (χ0v) is 12.2. The van der Waals surface area contributed by atoms with E-state index >= 15 is 0 Å². The standard InChI is InChI=1S/C15H13N3O2S/c1-11-14(17-7-8-21-15(17)16-11)10-13(18(19)20)9-12-5-3-2-4-6-12/h2-8,10H,9H2,1H3. The van der Waals surface area contributed by atoms with E-state index in [1.807, 2.05) is 53.2 Å². The maximum absolute atomic E-state index is 11.3. The van der Waals surface area contributed by atoms with Crippen LogP contribution in [0, 0.1) is 17.0 Å². The van der Waals surface area contributed by atoms with E-state index in [1.54, 1.807) is 6.08 Å². The maximum Gasteiger partial charge on any atom is 0.252 e. The molecule has 0 atom stereocenters. The largest absolute Gasteiger partial charge is 0.290 e. The van der Waals surface area contributed by atoms with E-state index < -0.39 is 0 Å². The van der Waals surface area contributed by atoms with Crippen LogP contribution in [0.25, 0.3) is 11.0 Å². The summed E-state index contributed by atoms with van der Waals surface area (Å²) in [6.07, 6.45) is 3.80. The summed E-state index contributed by atoms with van der Waals surface area (Å²) in [5.74, 6) is 0. The summed E-state index contributed by atoms with van der Waals surface area (Å²) in [5, 5.41) is 13.2. The monoisotopic (exact) mass is 299 g/mol. The molecule has 0 bridgehead atoms. The summed E-state index contributed by atoms with van der Waals surface area (Å²) in [5.41, 5.74) is 2.66. The second-order valence-electron chi connectivity index (χ2n) is 4.69. The molecule has 0 N–H and O–H groups in total.